The highest BCUT2D eigenvalue weighted by atomic mass is 16.5. The van der Waals surface area contributed by atoms with Gasteiger partial charge in [-0.3, -0.25) is 0 Å². The zero-order chi connectivity index (χ0) is 14.8. The van der Waals surface area contributed by atoms with Gasteiger partial charge in [0.25, 0.3) is 0 Å². The van der Waals surface area contributed by atoms with E-state index in [4.69, 9.17) is 4.74 Å². The monoisotopic (exact) mass is 276 g/mol. The summed E-state index contributed by atoms with van der Waals surface area (Å²) in [6.45, 7) is 9.02. The molecule has 0 amide bonds. The zero-order valence-electron chi connectivity index (χ0n) is 13.3. The number of aliphatic hydroxyl groups is 1. The summed E-state index contributed by atoms with van der Waals surface area (Å²) in [6.07, 6.45) is 4.99. The summed E-state index contributed by atoms with van der Waals surface area (Å²) >= 11 is 0. The average molecular weight is 276 g/mol. The Kier molecular flexibility index (Phi) is 4.87. The van der Waals surface area contributed by atoms with Gasteiger partial charge in [-0.15, -0.1) is 0 Å². The second kappa shape index (κ2) is 6.28. The molecule has 1 aliphatic carbocycles. The third kappa shape index (κ3) is 2.91. The van der Waals surface area contributed by atoms with Crippen LogP contribution in [0.5, 0.6) is 0 Å². The Hall–Kier alpha value is -0.860. The van der Waals surface area contributed by atoms with Crippen molar-refractivity contribution in [3.8, 4) is 0 Å². The van der Waals surface area contributed by atoms with Gasteiger partial charge in [0.05, 0.1) is 5.60 Å². The number of rotatable bonds is 4. The molecule has 0 radical (unpaired) electrons. The summed E-state index contributed by atoms with van der Waals surface area (Å²) in [5.41, 5.74) is 4.37. The first-order valence-corrected chi connectivity index (χ1v) is 7.90. The van der Waals surface area contributed by atoms with E-state index < -0.39 is 6.10 Å². The molecule has 0 heterocycles. The van der Waals surface area contributed by atoms with E-state index in [1.54, 1.807) is 0 Å². The van der Waals surface area contributed by atoms with E-state index in [-0.39, 0.29) is 5.60 Å². The highest BCUT2D eigenvalue weighted by Gasteiger charge is 2.41. The molecule has 0 bridgehead atoms. The predicted octanol–water partition coefficient (Wildman–Crippen LogP) is 4.38. The maximum Gasteiger partial charge on any atom is 0.108 e. The zero-order valence-corrected chi connectivity index (χ0v) is 13.3. The van der Waals surface area contributed by atoms with Crippen molar-refractivity contribution < 1.29 is 9.84 Å². The average Bonchev–Trinajstić information content (AvgIpc) is 2.43. The van der Waals surface area contributed by atoms with Gasteiger partial charge in [0, 0.05) is 6.61 Å². The van der Waals surface area contributed by atoms with E-state index in [1.807, 2.05) is 6.92 Å². The molecule has 1 saturated carbocycles. The van der Waals surface area contributed by atoms with Crippen LogP contribution < -0.4 is 0 Å². The van der Waals surface area contributed by atoms with Crippen molar-refractivity contribution in [2.45, 2.75) is 71.5 Å². The standard InChI is InChI=1S/C18H28O2/c1-5-20-18(9-7-6-8-10-18)17(19)16-12-14(3)13(2)11-15(16)4/h11-12,17,19H,5-10H2,1-4H3. The molecule has 112 valence electrons. The molecule has 20 heavy (non-hydrogen) atoms. The van der Waals surface area contributed by atoms with E-state index in [9.17, 15) is 5.11 Å². The summed E-state index contributed by atoms with van der Waals surface area (Å²) < 4.78 is 6.06. The molecule has 0 saturated heterocycles. The normalized spacial score (nSPS) is 19.9. The maximum absolute atomic E-state index is 11.0. The number of aliphatic hydroxyl groups excluding tert-OH is 1. The number of hydrogen-bond acceptors (Lipinski definition) is 2. The predicted molar refractivity (Wildman–Crippen MR) is 83.1 cm³/mol. The molecule has 1 atom stereocenters. The Bertz CT molecular complexity index is 453. The second-order valence-electron chi connectivity index (χ2n) is 6.25. The van der Waals surface area contributed by atoms with Gasteiger partial charge >= 0.3 is 0 Å². The fraction of sp³-hybridized carbons (Fsp3) is 0.667. The Labute approximate surface area is 123 Å². The van der Waals surface area contributed by atoms with Crippen LogP contribution in [0.15, 0.2) is 12.1 Å². The molecule has 2 heteroatoms. The Morgan fingerprint density at radius 2 is 1.65 bits per heavy atom. The van der Waals surface area contributed by atoms with Crippen LogP contribution in [-0.4, -0.2) is 17.3 Å². The molecule has 2 rings (SSSR count). The van der Waals surface area contributed by atoms with Gasteiger partial charge < -0.3 is 9.84 Å². The first kappa shape index (κ1) is 15.5. The number of aryl methyl sites for hydroxylation is 3. The van der Waals surface area contributed by atoms with Crippen molar-refractivity contribution in [2.24, 2.45) is 0 Å². The lowest BCUT2D eigenvalue weighted by Crippen LogP contribution is -2.41. The number of benzene rings is 1. The first-order valence-electron chi connectivity index (χ1n) is 7.90. The fourth-order valence-corrected chi connectivity index (χ4v) is 3.50. The first-order chi connectivity index (χ1) is 9.50. The third-order valence-electron chi connectivity index (χ3n) is 4.81. The summed E-state index contributed by atoms with van der Waals surface area (Å²) in [5, 5.41) is 11.0. The van der Waals surface area contributed by atoms with E-state index in [1.165, 1.54) is 23.1 Å². The van der Waals surface area contributed by atoms with Crippen LogP contribution in [0.1, 0.15) is 67.4 Å². The molecule has 0 aromatic heterocycles. The molecular weight excluding hydrogens is 248 g/mol. The molecule has 1 aromatic carbocycles. The largest absolute Gasteiger partial charge is 0.385 e. The third-order valence-corrected chi connectivity index (χ3v) is 4.81. The highest BCUT2D eigenvalue weighted by molar-refractivity contribution is 5.38. The van der Waals surface area contributed by atoms with Crippen molar-refractivity contribution in [1.29, 1.82) is 0 Å². The van der Waals surface area contributed by atoms with Crippen LogP contribution in [0.4, 0.5) is 0 Å². The van der Waals surface area contributed by atoms with Crippen LogP contribution in [0, 0.1) is 20.8 Å². The van der Waals surface area contributed by atoms with Crippen molar-refractivity contribution in [3.05, 3.63) is 34.4 Å². The second-order valence-corrected chi connectivity index (χ2v) is 6.25. The van der Waals surface area contributed by atoms with Gasteiger partial charge in [-0.1, -0.05) is 31.4 Å². The van der Waals surface area contributed by atoms with E-state index >= 15 is 0 Å². The smallest absolute Gasteiger partial charge is 0.108 e. The van der Waals surface area contributed by atoms with Gasteiger partial charge in [0.15, 0.2) is 0 Å². The lowest BCUT2D eigenvalue weighted by Gasteiger charge is -2.41. The topological polar surface area (TPSA) is 29.5 Å². The summed E-state index contributed by atoms with van der Waals surface area (Å²) in [5.74, 6) is 0. The SMILES string of the molecule is CCOC1(C(O)c2cc(C)c(C)cc2C)CCCCC1. The number of hydrogen-bond donors (Lipinski definition) is 1. The van der Waals surface area contributed by atoms with Crippen molar-refractivity contribution in [2.75, 3.05) is 6.61 Å². The Balaban J connectivity index is 2.36. The summed E-state index contributed by atoms with van der Waals surface area (Å²) in [6, 6.07) is 4.32. The van der Waals surface area contributed by atoms with Crippen molar-refractivity contribution in [3.63, 3.8) is 0 Å². The minimum Gasteiger partial charge on any atom is -0.385 e. The summed E-state index contributed by atoms with van der Waals surface area (Å²) in [4.78, 5) is 0. The van der Waals surface area contributed by atoms with Gasteiger partial charge in [0.2, 0.25) is 0 Å². The van der Waals surface area contributed by atoms with Crippen LogP contribution in [-0.2, 0) is 4.74 Å². The molecule has 1 aromatic rings. The van der Waals surface area contributed by atoms with E-state index in [0.29, 0.717) is 6.61 Å². The number of ether oxygens (including phenoxy) is 1. The molecule has 0 aliphatic heterocycles. The van der Waals surface area contributed by atoms with Gasteiger partial charge in [-0.2, -0.15) is 0 Å². The quantitative estimate of drug-likeness (QED) is 0.884. The van der Waals surface area contributed by atoms with E-state index in [0.717, 1.165) is 31.2 Å². The van der Waals surface area contributed by atoms with Crippen LogP contribution in [0.25, 0.3) is 0 Å². The van der Waals surface area contributed by atoms with Crippen LogP contribution >= 0.6 is 0 Å². The van der Waals surface area contributed by atoms with E-state index in [2.05, 4.69) is 32.9 Å². The van der Waals surface area contributed by atoms with Gasteiger partial charge in [0.1, 0.15) is 6.10 Å². The minimum absolute atomic E-state index is 0.376. The molecule has 1 aliphatic rings. The van der Waals surface area contributed by atoms with Gasteiger partial charge in [-0.05, 0) is 62.8 Å². The molecule has 1 fully saturated rings. The molecular formula is C18H28O2. The minimum atomic E-state index is -0.512. The maximum atomic E-state index is 11.0. The lowest BCUT2D eigenvalue weighted by atomic mass is 9.77. The highest BCUT2D eigenvalue weighted by Crippen LogP contribution is 2.42. The van der Waals surface area contributed by atoms with Gasteiger partial charge in [-0.25, -0.2) is 0 Å². The summed E-state index contributed by atoms with van der Waals surface area (Å²) in [7, 11) is 0. The van der Waals surface area contributed by atoms with Crippen molar-refractivity contribution >= 4 is 0 Å². The molecule has 1 N–H and O–H groups in total. The fourth-order valence-electron chi connectivity index (χ4n) is 3.50. The molecule has 1 unspecified atom stereocenters. The molecule has 0 spiro atoms. The Morgan fingerprint density at radius 3 is 2.25 bits per heavy atom. The van der Waals surface area contributed by atoms with Crippen molar-refractivity contribution in [1.82, 2.24) is 0 Å². The lowest BCUT2D eigenvalue weighted by molar-refractivity contribution is -0.142. The van der Waals surface area contributed by atoms with Crippen LogP contribution in [0.3, 0.4) is 0 Å². The Morgan fingerprint density at radius 1 is 1.05 bits per heavy atom. The molecule has 2 nitrogen and oxygen atoms in total. The van der Waals surface area contributed by atoms with Crippen LogP contribution in [0.2, 0.25) is 0 Å².